The van der Waals surface area contributed by atoms with Gasteiger partial charge in [0, 0.05) is 23.0 Å². The number of alkyl halides is 2. The molecule has 2 heterocycles. The molecule has 3 atom stereocenters. The van der Waals surface area contributed by atoms with Gasteiger partial charge >= 0.3 is 5.97 Å². The van der Waals surface area contributed by atoms with E-state index in [1.807, 2.05) is 51.1 Å². The number of hydrogen-bond donors (Lipinski definition) is 2. The van der Waals surface area contributed by atoms with Crippen molar-refractivity contribution in [3.8, 4) is 11.3 Å². The number of carboxylic acids is 1. The summed E-state index contributed by atoms with van der Waals surface area (Å²) in [4.78, 5) is 21.5. The van der Waals surface area contributed by atoms with Gasteiger partial charge in [-0.2, -0.15) is 0 Å². The molecular formula is C30H31ClF2N4O2. The number of aliphatic carboxylic acids is 1. The quantitative estimate of drug-likeness (QED) is 0.245. The van der Waals surface area contributed by atoms with E-state index in [9.17, 15) is 18.7 Å². The lowest BCUT2D eigenvalue weighted by atomic mass is 9.75. The summed E-state index contributed by atoms with van der Waals surface area (Å²) >= 11 is 6.61. The van der Waals surface area contributed by atoms with Crippen LogP contribution >= 0.6 is 11.6 Å². The lowest BCUT2D eigenvalue weighted by molar-refractivity contribution is -0.151. The van der Waals surface area contributed by atoms with Crippen LogP contribution < -0.4 is 5.73 Å². The molecule has 0 unspecified atom stereocenters. The largest absolute Gasteiger partial charge is 0.481 e. The molecular weight excluding hydrogens is 522 g/mol. The van der Waals surface area contributed by atoms with E-state index in [2.05, 4.69) is 4.98 Å². The van der Waals surface area contributed by atoms with Crippen LogP contribution in [-0.4, -0.2) is 25.4 Å². The van der Waals surface area contributed by atoms with Crippen molar-refractivity contribution < 1.29 is 18.7 Å². The van der Waals surface area contributed by atoms with Crippen LogP contribution in [0.4, 0.5) is 14.6 Å². The van der Waals surface area contributed by atoms with Gasteiger partial charge in [-0.15, -0.1) is 0 Å². The van der Waals surface area contributed by atoms with Crippen molar-refractivity contribution in [2.45, 2.75) is 58.3 Å². The van der Waals surface area contributed by atoms with Crippen molar-refractivity contribution in [2.24, 2.45) is 11.3 Å². The summed E-state index contributed by atoms with van der Waals surface area (Å²) in [6, 6.07) is 14.3. The van der Waals surface area contributed by atoms with Crippen LogP contribution in [0.5, 0.6) is 0 Å². The Balaban J connectivity index is 1.54. The molecule has 1 aliphatic carbocycles. The molecule has 39 heavy (non-hydrogen) atoms. The number of nitrogen functional groups attached to an aromatic ring is 1. The zero-order chi connectivity index (χ0) is 28.1. The summed E-state index contributed by atoms with van der Waals surface area (Å²) in [5.74, 6) is -0.0387. The number of aromatic nitrogens is 3. The van der Waals surface area contributed by atoms with E-state index in [1.165, 1.54) is 12.3 Å². The molecule has 0 saturated heterocycles. The third kappa shape index (κ3) is 4.65. The van der Waals surface area contributed by atoms with Crippen LogP contribution in [0.1, 0.15) is 80.8 Å². The first kappa shape index (κ1) is 27.1. The molecule has 1 saturated carbocycles. The zero-order valence-electron chi connectivity index (χ0n) is 22.0. The van der Waals surface area contributed by atoms with Crippen molar-refractivity contribution in [1.29, 1.82) is 0 Å². The Morgan fingerprint density at radius 2 is 1.82 bits per heavy atom. The van der Waals surface area contributed by atoms with Gasteiger partial charge in [-0.05, 0) is 42.4 Å². The molecule has 2 aromatic carbocycles. The van der Waals surface area contributed by atoms with Crippen molar-refractivity contribution in [3.05, 3.63) is 82.4 Å². The first-order valence-corrected chi connectivity index (χ1v) is 13.5. The summed E-state index contributed by atoms with van der Waals surface area (Å²) in [5.41, 5.74) is 9.30. The second kappa shape index (κ2) is 10.2. The maximum Gasteiger partial charge on any atom is 0.309 e. The number of nitrogens with two attached hydrogens (primary N) is 1. The van der Waals surface area contributed by atoms with Gasteiger partial charge in [-0.1, -0.05) is 74.8 Å². The number of rotatable bonds is 7. The molecule has 3 N–H and O–H groups in total. The fourth-order valence-electron chi connectivity index (χ4n) is 5.95. The van der Waals surface area contributed by atoms with Crippen LogP contribution in [0.3, 0.4) is 0 Å². The zero-order valence-corrected chi connectivity index (χ0v) is 22.8. The number of benzene rings is 2. The van der Waals surface area contributed by atoms with Crippen molar-refractivity contribution in [1.82, 2.24) is 14.4 Å². The van der Waals surface area contributed by atoms with Gasteiger partial charge in [-0.25, -0.2) is 18.7 Å². The van der Waals surface area contributed by atoms with Gasteiger partial charge in [0.15, 0.2) is 0 Å². The Hall–Kier alpha value is -3.52. The third-order valence-electron chi connectivity index (χ3n) is 8.46. The van der Waals surface area contributed by atoms with E-state index >= 15 is 0 Å². The van der Waals surface area contributed by atoms with Gasteiger partial charge in [0.25, 0.3) is 6.43 Å². The number of hydrogen-bond acceptors (Lipinski definition) is 4. The average molecular weight is 553 g/mol. The van der Waals surface area contributed by atoms with Crippen LogP contribution in [-0.2, 0) is 4.79 Å². The summed E-state index contributed by atoms with van der Waals surface area (Å²) < 4.78 is 28.2. The van der Waals surface area contributed by atoms with Crippen molar-refractivity contribution in [3.63, 3.8) is 0 Å². The summed E-state index contributed by atoms with van der Waals surface area (Å²) in [6.45, 7) is 5.88. The highest BCUT2D eigenvalue weighted by Gasteiger charge is 2.49. The molecule has 4 aromatic rings. The van der Waals surface area contributed by atoms with E-state index in [0.29, 0.717) is 41.5 Å². The SMILES string of the molecule is CC(C)[C@@]1(C(=O)O)CC[C@@H](c2nc(-c3ccc([C@H](C)c4cccc(C(F)F)c4)cc3)c3c(N)ncc(Cl)n23)C1. The number of halogens is 3. The Labute approximate surface area is 230 Å². The highest BCUT2D eigenvalue weighted by molar-refractivity contribution is 6.30. The lowest BCUT2D eigenvalue weighted by Gasteiger charge is -2.28. The molecule has 0 spiro atoms. The molecule has 0 radical (unpaired) electrons. The Kier molecular flexibility index (Phi) is 7.10. The average Bonchev–Trinajstić information content (AvgIpc) is 3.55. The summed E-state index contributed by atoms with van der Waals surface area (Å²) in [5, 5.41) is 10.4. The van der Waals surface area contributed by atoms with E-state index in [-0.39, 0.29) is 29.1 Å². The van der Waals surface area contributed by atoms with E-state index in [4.69, 9.17) is 22.3 Å². The lowest BCUT2D eigenvalue weighted by Crippen LogP contribution is -2.33. The van der Waals surface area contributed by atoms with E-state index in [0.717, 1.165) is 16.7 Å². The fraction of sp³-hybridized carbons (Fsp3) is 0.367. The normalized spacial score (nSPS) is 20.3. The smallest absolute Gasteiger partial charge is 0.309 e. The predicted octanol–water partition coefficient (Wildman–Crippen LogP) is 7.72. The van der Waals surface area contributed by atoms with Crippen LogP contribution in [0.25, 0.3) is 16.8 Å². The number of fused-ring (bicyclic) bond motifs is 1. The molecule has 204 valence electrons. The number of anilines is 1. The van der Waals surface area contributed by atoms with Crippen LogP contribution in [0.15, 0.2) is 54.7 Å². The molecule has 9 heteroatoms. The first-order valence-electron chi connectivity index (χ1n) is 13.1. The van der Waals surface area contributed by atoms with Gasteiger partial charge in [-0.3, -0.25) is 9.20 Å². The van der Waals surface area contributed by atoms with Crippen LogP contribution in [0.2, 0.25) is 5.15 Å². The van der Waals surface area contributed by atoms with Gasteiger partial charge in [0.1, 0.15) is 28.0 Å². The number of nitrogens with zero attached hydrogens (tertiary/aromatic N) is 3. The monoisotopic (exact) mass is 552 g/mol. The third-order valence-corrected chi connectivity index (χ3v) is 8.73. The van der Waals surface area contributed by atoms with E-state index in [1.54, 1.807) is 16.5 Å². The minimum atomic E-state index is -2.52. The van der Waals surface area contributed by atoms with E-state index < -0.39 is 17.8 Å². The summed E-state index contributed by atoms with van der Waals surface area (Å²) in [7, 11) is 0. The number of carbonyl (C=O) groups is 1. The number of carboxylic acid groups (broad SMARTS) is 1. The standard InChI is InChI=1S/C30H31ClF2N4O2/c1-16(2)30(29(38)39)12-11-22(14-30)28-36-24(25-27(34)35-15-23(31)37(25)28)19-9-7-18(8-10-19)17(3)20-5-4-6-21(13-20)26(32)33/h4-10,13,15-17,22,26H,11-12,14H2,1-3H3,(H2,34,35)(H,38,39)/t17-,22+,30+/m0/s1. The topological polar surface area (TPSA) is 93.5 Å². The molecule has 0 aliphatic heterocycles. The molecule has 0 amide bonds. The second-order valence-corrected chi connectivity index (χ2v) is 11.2. The Morgan fingerprint density at radius 3 is 2.44 bits per heavy atom. The minimum absolute atomic E-state index is 0.00382. The van der Waals surface area contributed by atoms with Crippen molar-refractivity contribution >= 4 is 28.9 Å². The minimum Gasteiger partial charge on any atom is -0.481 e. The molecule has 0 bridgehead atoms. The fourth-order valence-corrected chi connectivity index (χ4v) is 6.17. The summed E-state index contributed by atoms with van der Waals surface area (Å²) in [6.07, 6.45) is 0.668. The highest BCUT2D eigenvalue weighted by atomic mass is 35.5. The Bertz CT molecular complexity index is 1540. The maximum atomic E-state index is 13.2. The molecule has 6 nitrogen and oxygen atoms in total. The molecule has 5 rings (SSSR count). The molecule has 2 aromatic heterocycles. The van der Waals surface area contributed by atoms with Gasteiger partial charge in [0.05, 0.1) is 11.6 Å². The van der Waals surface area contributed by atoms with Crippen LogP contribution in [0, 0.1) is 11.3 Å². The van der Waals surface area contributed by atoms with Gasteiger partial charge in [0.2, 0.25) is 0 Å². The Morgan fingerprint density at radius 1 is 1.13 bits per heavy atom. The molecule has 1 fully saturated rings. The first-order chi connectivity index (χ1) is 18.5. The van der Waals surface area contributed by atoms with Crippen molar-refractivity contribution in [2.75, 3.05) is 5.73 Å². The number of imidazole rings is 1. The maximum absolute atomic E-state index is 13.2. The second-order valence-electron chi connectivity index (χ2n) is 10.8. The highest BCUT2D eigenvalue weighted by Crippen LogP contribution is 2.51. The molecule has 1 aliphatic rings. The predicted molar refractivity (Wildman–Crippen MR) is 148 cm³/mol. The van der Waals surface area contributed by atoms with Gasteiger partial charge < -0.3 is 10.8 Å².